The minimum absolute atomic E-state index is 0.218. The minimum atomic E-state index is -1.59. The molecule has 222 valence electrons. The number of aliphatic hydroxyl groups excluding tert-OH is 6. The fourth-order valence-corrected chi connectivity index (χ4v) is 4.37. The van der Waals surface area contributed by atoms with E-state index in [-0.39, 0.29) is 12.6 Å². The molecule has 2 aliphatic heterocycles. The van der Waals surface area contributed by atoms with Crippen molar-refractivity contribution in [3.8, 4) is 0 Å². The molecular weight excluding hydrogens is 510 g/mol. The fourth-order valence-electron chi connectivity index (χ4n) is 4.37. The number of hydrogen-bond acceptors (Lipinski definition) is 13. The lowest BCUT2D eigenvalue weighted by Gasteiger charge is -2.44. The molecule has 0 aromatic carbocycles. The zero-order valence-electron chi connectivity index (χ0n) is 21.9. The lowest BCUT2D eigenvalue weighted by molar-refractivity contribution is -0.320. The second-order valence-corrected chi connectivity index (χ2v) is 9.60. The van der Waals surface area contributed by atoms with Gasteiger partial charge in [-0.1, -0.05) is 25.7 Å². The second kappa shape index (κ2) is 16.6. The maximum absolute atomic E-state index is 11.6. The Kier molecular flexibility index (Phi) is 14.3. The van der Waals surface area contributed by atoms with Crippen LogP contribution in [0, 0.1) is 0 Å². The molecular formula is C24H43NO13. The van der Waals surface area contributed by atoms with Crippen LogP contribution in [0.15, 0.2) is 0 Å². The third-order valence-electron chi connectivity index (χ3n) is 6.63. The van der Waals surface area contributed by atoms with Crippen LogP contribution in [0.25, 0.3) is 0 Å². The predicted molar refractivity (Wildman–Crippen MR) is 128 cm³/mol. The van der Waals surface area contributed by atoms with Crippen LogP contribution in [0.4, 0.5) is 0 Å². The first-order chi connectivity index (χ1) is 18.1. The third kappa shape index (κ3) is 9.62. The van der Waals surface area contributed by atoms with Crippen molar-refractivity contribution in [1.29, 1.82) is 0 Å². The smallest absolute Gasteiger partial charge is 0.305 e. The van der Waals surface area contributed by atoms with E-state index in [0.717, 1.165) is 32.1 Å². The molecule has 0 saturated carbocycles. The summed E-state index contributed by atoms with van der Waals surface area (Å²) in [6, 6.07) is -1.19. The van der Waals surface area contributed by atoms with Crippen molar-refractivity contribution in [3.63, 3.8) is 0 Å². The highest BCUT2D eigenvalue weighted by Crippen LogP contribution is 2.26. The lowest BCUT2D eigenvalue weighted by atomic mass is 9.96. The number of hydrogen-bond donors (Lipinski definition) is 7. The maximum Gasteiger partial charge on any atom is 0.305 e. The number of ether oxygens (including phenoxy) is 5. The Balaban J connectivity index is 1.81. The van der Waals surface area contributed by atoms with Crippen LogP contribution in [0.2, 0.25) is 0 Å². The highest BCUT2D eigenvalue weighted by atomic mass is 16.7. The van der Waals surface area contributed by atoms with Gasteiger partial charge in [0.1, 0.15) is 48.8 Å². The van der Waals surface area contributed by atoms with Crippen molar-refractivity contribution in [1.82, 2.24) is 5.32 Å². The van der Waals surface area contributed by atoms with Gasteiger partial charge in [0.25, 0.3) is 0 Å². The van der Waals surface area contributed by atoms with Crippen LogP contribution in [0.1, 0.15) is 51.9 Å². The number of carbonyl (C=O) groups is 2. The van der Waals surface area contributed by atoms with Crippen molar-refractivity contribution < 1.29 is 63.9 Å². The van der Waals surface area contributed by atoms with Gasteiger partial charge in [-0.2, -0.15) is 0 Å². The topological polar surface area (TPSA) is 214 Å². The van der Waals surface area contributed by atoms with Crippen LogP contribution in [0.3, 0.4) is 0 Å². The Hall–Kier alpha value is -1.46. The standard InChI is InChI=1S/C24H43NO13/c1-13(27)25-17-20(31)18(29)14(11-26)37-23(17)36-12-15-19(30)21(32)22(33)24(38-15)35-10-8-6-4-3-5-7-9-16(28)34-2/h14-15,17-24,26,29-33H,3-12H2,1-2H3,(H,25,27)/t14-,15-,17+,18-,19-,20-,21+,22+,23+,24+/m1/s1. The van der Waals surface area contributed by atoms with Gasteiger partial charge < -0.3 is 59.6 Å². The van der Waals surface area contributed by atoms with Crippen molar-refractivity contribution in [2.45, 2.75) is 113 Å². The van der Waals surface area contributed by atoms with E-state index in [1.807, 2.05) is 0 Å². The summed E-state index contributed by atoms with van der Waals surface area (Å²) >= 11 is 0. The minimum Gasteiger partial charge on any atom is -0.469 e. The molecule has 0 unspecified atom stereocenters. The molecule has 14 heteroatoms. The molecule has 0 aliphatic carbocycles. The Morgan fingerprint density at radius 1 is 0.763 bits per heavy atom. The molecule has 0 aromatic rings. The first kappa shape index (κ1) is 32.8. The summed E-state index contributed by atoms with van der Waals surface area (Å²) < 4.78 is 26.9. The number of rotatable bonds is 15. The zero-order valence-corrected chi connectivity index (χ0v) is 21.9. The van der Waals surface area contributed by atoms with E-state index in [1.165, 1.54) is 14.0 Å². The van der Waals surface area contributed by atoms with Gasteiger partial charge in [0.05, 0.1) is 20.3 Å². The summed E-state index contributed by atoms with van der Waals surface area (Å²) in [6.07, 6.45) is -7.04. The molecule has 0 spiro atoms. The first-order valence-corrected chi connectivity index (χ1v) is 13.0. The van der Waals surface area contributed by atoms with Crippen LogP contribution >= 0.6 is 0 Å². The average Bonchev–Trinajstić information content (AvgIpc) is 2.89. The van der Waals surface area contributed by atoms with Crippen molar-refractivity contribution in [2.75, 3.05) is 26.9 Å². The first-order valence-electron chi connectivity index (χ1n) is 13.0. The number of methoxy groups -OCH3 is 1. The molecule has 0 bridgehead atoms. The average molecular weight is 554 g/mol. The van der Waals surface area contributed by atoms with E-state index >= 15 is 0 Å². The molecule has 7 N–H and O–H groups in total. The highest BCUT2D eigenvalue weighted by molar-refractivity contribution is 5.73. The quantitative estimate of drug-likeness (QED) is 0.0838. The number of nitrogens with one attached hydrogen (secondary N) is 1. The van der Waals surface area contributed by atoms with E-state index in [9.17, 15) is 40.2 Å². The number of unbranched alkanes of at least 4 members (excludes halogenated alkanes) is 5. The molecule has 2 fully saturated rings. The summed E-state index contributed by atoms with van der Waals surface area (Å²) in [5.74, 6) is -0.743. The Labute approximate surface area is 221 Å². The largest absolute Gasteiger partial charge is 0.469 e. The Bertz CT molecular complexity index is 713. The van der Waals surface area contributed by atoms with Gasteiger partial charge in [-0.05, 0) is 12.8 Å². The lowest BCUT2D eigenvalue weighted by Crippen LogP contribution is -2.65. The predicted octanol–water partition coefficient (Wildman–Crippen LogP) is -2.33. The number of esters is 1. The van der Waals surface area contributed by atoms with Gasteiger partial charge in [0.2, 0.25) is 5.91 Å². The summed E-state index contributed by atoms with van der Waals surface area (Å²) in [5.41, 5.74) is 0. The molecule has 0 radical (unpaired) electrons. The summed E-state index contributed by atoms with van der Waals surface area (Å²) in [5, 5.41) is 63.3. The van der Waals surface area contributed by atoms with Crippen LogP contribution in [-0.2, 0) is 33.3 Å². The summed E-state index contributed by atoms with van der Waals surface area (Å²) in [4.78, 5) is 22.7. The zero-order chi connectivity index (χ0) is 28.2. The fraction of sp³-hybridized carbons (Fsp3) is 0.917. The maximum atomic E-state index is 11.6. The molecule has 38 heavy (non-hydrogen) atoms. The van der Waals surface area contributed by atoms with Crippen molar-refractivity contribution >= 4 is 11.9 Å². The molecule has 10 atom stereocenters. The van der Waals surface area contributed by atoms with E-state index < -0.39 is 80.5 Å². The molecule has 2 rings (SSSR count). The Morgan fingerprint density at radius 3 is 2.00 bits per heavy atom. The number of aliphatic hydroxyl groups is 6. The van der Waals surface area contributed by atoms with E-state index in [0.29, 0.717) is 12.8 Å². The van der Waals surface area contributed by atoms with E-state index in [1.54, 1.807) is 0 Å². The highest BCUT2D eigenvalue weighted by Gasteiger charge is 2.48. The van der Waals surface area contributed by atoms with Gasteiger partial charge >= 0.3 is 5.97 Å². The van der Waals surface area contributed by atoms with Gasteiger partial charge in [0, 0.05) is 20.0 Å². The number of amides is 1. The molecule has 2 aliphatic rings. The van der Waals surface area contributed by atoms with Crippen LogP contribution in [-0.4, -0.2) is 131 Å². The molecule has 14 nitrogen and oxygen atoms in total. The summed E-state index contributed by atoms with van der Waals surface area (Å²) in [6.45, 7) is 0.423. The van der Waals surface area contributed by atoms with Crippen molar-refractivity contribution in [2.24, 2.45) is 0 Å². The molecule has 0 aromatic heterocycles. The van der Waals surface area contributed by atoms with Crippen LogP contribution in [0.5, 0.6) is 0 Å². The number of carbonyl (C=O) groups excluding carboxylic acids is 2. The monoisotopic (exact) mass is 553 g/mol. The Morgan fingerprint density at radius 2 is 1.37 bits per heavy atom. The van der Waals surface area contributed by atoms with Crippen LogP contribution < -0.4 is 5.32 Å². The molecule has 2 saturated heterocycles. The SMILES string of the molecule is COC(=O)CCCCCCCCO[C@H]1O[C@H](CO[C@H]2O[C@H](CO)[C@@H](O)[C@H](O)[C@@H]2NC(C)=O)[C@@H](O)[C@H](O)[C@@H]1O. The van der Waals surface area contributed by atoms with Gasteiger partial charge in [-0.15, -0.1) is 0 Å². The molecule has 1 amide bonds. The molecule has 2 heterocycles. The normalized spacial score (nSPS) is 35.6. The van der Waals surface area contributed by atoms with Gasteiger partial charge in [0.15, 0.2) is 12.6 Å². The summed E-state index contributed by atoms with van der Waals surface area (Å²) in [7, 11) is 1.36. The van der Waals surface area contributed by atoms with E-state index in [2.05, 4.69) is 10.1 Å². The van der Waals surface area contributed by atoms with Gasteiger partial charge in [-0.3, -0.25) is 9.59 Å². The third-order valence-corrected chi connectivity index (χ3v) is 6.63. The van der Waals surface area contributed by atoms with Crippen molar-refractivity contribution in [3.05, 3.63) is 0 Å². The van der Waals surface area contributed by atoms with Gasteiger partial charge in [-0.25, -0.2) is 0 Å². The van der Waals surface area contributed by atoms with E-state index in [4.69, 9.17) is 18.9 Å². The second-order valence-electron chi connectivity index (χ2n) is 9.60.